The van der Waals surface area contributed by atoms with E-state index in [9.17, 15) is 20.4 Å². The monoisotopic (exact) mass is 352 g/mol. The summed E-state index contributed by atoms with van der Waals surface area (Å²) in [6, 6.07) is 0. The van der Waals surface area contributed by atoms with Gasteiger partial charge in [-0.3, -0.25) is 0 Å². The third-order valence-corrected chi connectivity index (χ3v) is 5.24. The van der Waals surface area contributed by atoms with Crippen molar-refractivity contribution < 1.29 is 20.4 Å². The minimum Gasteiger partial charge on any atom is -0.390 e. The van der Waals surface area contributed by atoms with Gasteiger partial charge in [0.05, 0.1) is 17.8 Å². The number of aliphatic hydroxyl groups is 4. The molecule has 1 aliphatic carbocycles. The Bertz CT molecular complexity index is 478. The van der Waals surface area contributed by atoms with E-state index in [1.54, 1.807) is 6.92 Å². The van der Waals surface area contributed by atoms with Crippen molar-refractivity contribution in [2.24, 2.45) is 11.8 Å². The van der Waals surface area contributed by atoms with E-state index in [1.807, 2.05) is 6.08 Å². The molecule has 144 valence electrons. The molecule has 4 heteroatoms. The van der Waals surface area contributed by atoms with Crippen LogP contribution < -0.4 is 0 Å². The van der Waals surface area contributed by atoms with Gasteiger partial charge in [0.15, 0.2) is 0 Å². The van der Waals surface area contributed by atoms with Crippen LogP contribution in [0.15, 0.2) is 36.5 Å². The number of rotatable bonds is 1. The zero-order valence-electron chi connectivity index (χ0n) is 16.0. The Morgan fingerprint density at radius 3 is 2.28 bits per heavy atom. The molecule has 0 fully saturated rings. The summed E-state index contributed by atoms with van der Waals surface area (Å²) < 4.78 is 0. The van der Waals surface area contributed by atoms with Gasteiger partial charge in [0, 0.05) is 6.42 Å². The van der Waals surface area contributed by atoms with Crippen LogP contribution in [0.4, 0.5) is 0 Å². The molecule has 0 saturated heterocycles. The van der Waals surface area contributed by atoms with Crippen LogP contribution in [-0.4, -0.2) is 44.3 Å². The van der Waals surface area contributed by atoms with E-state index in [0.717, 1.165) is 18.4 Å². The van der Waals surface area contributed by atoms with E-state index >= 15 is 0 Å². The van der Waals surface area contributed by atoms with E-state index in [2.05, 4.69) is 33.1 Å². The number of hydrogen-bond donors (Lipinski definition) is 4. The van der Waals surface area contributed by atoms with Crippen molar-refractivity contribution in [2.45, 2.75) is 83.2 Å². The maximum atomic E-state index is 10.5. The molecule has 0 aliphatic heterocycles. The Morgan fingerprint density at radius 1 is 1.08 bits per heavy atom. The van der Waals surface area contributed by atoms with Gasteiger partial charge in [0.1, 0.15) is 6.10 Å². The molecule has 0 aromatic rings. The molecule has 0 unspecified atom stereocenters. The van der Waals surface area contributed by atoms with E-state index in [4.69, 9.17) is 0 Å². The Balaban J connectivity index is 2.96. The predicted molar refractivity (Wildman–Crippen MR) is 102 cm³/mol. The van der Waals surface area contributed by atoms with Gasteiger partial charge in [-0.15, -0.1) is 0 Å². The summed E-state index contributed by atoms with van der Waals surface area (Å²) in [6.07, 6.45) is 4.21. The molecule has 1 rings (SSSR count). The summed E-state index contributed by atoms with van der Waals surface area (Å²) in [6.45, 7) is 13.8. The van der Waals surface area contributed by atoms with Crippen LogP contribution in [0.1, 0.15) is 59.3 Å². The van der Waals surface area contributed by atoms with Crippen molar-refractivity contribution in [3.05, 3.63) is 36.5 Å². The SMILES string of the molecule is C=C1CC[C@H](O)C(=C)CC[C@@H](C(C)C)/C=C/C[C@@](C)(O)C[C@@H](O)[C@@H]1O. The zero-order chi connectivity index (χ0) is 19.2. The highest BCUT2D eigenvalue weighted by Crippen LogP contribution is 2.27. The zero-order valence-corrected chi connectivity index (χ0v) is 16.0. The van der Waals surface area contributed by atoms with Crippen molar-refractivity contribution >= 4 is 0 Å². The standard InChI is InChI=1S/C21H36O4/c1-14(2)17-7-6-12-21(5,25)13-19(23)20(24)16(4)9-11-18(22)15(3)8-10-17/h6-7,14,17-20,22-25H,3-4,8-13H2,1-2,5H3/b7-6+/t17-,18-,19+,20+,21+/m0/s1. The van der Waals surface area contributed by atoms with Crippen molar-refractivity contribution in [1.82, 2.24) is 0 Å². The molecule has 0 bridgehead atoms. The molecule has 0 spiro atoms. The average Bonchev–Trinajstić information content (AvgIpc) is 2.52. The fraction of sp³-hybridized carbons (Fsp3) is 0.714. The molecule has 4 nitrogen and oxygen atoms in total. The van der Waals surface area contributed by atoms with Crippen molar-refractivity contribution in [3.8, 4) is 0 Å². The van der Waals surface area contributed by atoms with Gasteiger partial charge in [-0.2, -0.15) is 0 Å². The molecular formula is C21H36O4. The van der Waals surface area contributed by atoms with Crippen LogP contribution >= 0.6 is 0 Å². The molecule has 0 aromatic carbocycles. The largest absolute Gasteiger partial charge is 0.390 e. The molecular weight excluding hydrogens is 316 g/mol. The van der Waals surface area contributed by atoms with Gasteiger partial charge in [-0.05, 0) is 62.0 Å². The minimum absolute atomic E-state index is 0.0686. The lowest BCUT2D eigenvalue weighted by Gasteiger charge is -2.28. The van der Waals surface area contributed by atoms with Crippen molar-refractivity contribution in [2.75, 3.05) is 0 Å². The van der Waals surface area contributed by atoms with Gasteiger partial charge in [-0.25, -0.2) is 0 Å². The quantitative estimate of drug-likeness (QED) is 0.547. The third-order valence-electron chi connectivity index (χ3n) is 5.24. The van der Waals surface area contributed by atoms with E-state index in [0.29, 0.717) is 36.7 Å². The molecule has 0 amide bonds. The predicted octanol–water partition coefficient (Wildman–Crippen LogP) is 3.12. The van der Waals surface area contributed by atoms with Crippen molar-refractivity contribution in [1.29, 1.82) is 0 Å². The lowest BCUT2D eigenvalue weighted by molar-refractivity contribution is -0.0352. The van der Waals surface area contributed by atoms with Crippen LogP contribution in [0, 0.1) is 11.8 Å². The lowest BCUT2D eigenvalue weighted by atomic mass is 9.87. The fourth-order valence-corrected chi connectivity index (χ4v) is 3.26. The highest BCUT2D eigenvalue weighted by molar-refractivity contribution is 5.10. The summed E-state index contributed by atoms with van der Waals surface area (Å²) >= 11 is 0. The highest BCUT2D eigenvalue weighted by Gasteiger charge is 2.29. The lowest BCUT2D eigenvalue weighted by Crippen LogP contribution is -2.37. The summed E-state index contributed by atoms with van der Waals surface area (Å²) in [5, 5.41) is 41.3. The first-order valence-electron chi connectivity index (χ1n) is 9.32. The summed E-state index contributed by atoms with van der Waals surface area (Å²) in [5.41, 5.74) is 0.173. The Morgan fingerprint density at radius 2 is 1.68 bits per heavy atom. The van der Waals surface area contributed by atoms with Gasteiger partial charge in [-0.1, -0.05) is 39.2 Å². The molecule has 0 heterocycles. The normalized spacial score (nSPS) is 38.2. The fourth-order valence-electron chi connectivity index (χ4n) is 3.26. The van der Waals surface area contributed by atoms with Crippen molar-refractivity contribution in [3.63, 3.8) is 0 Å². The Labute approximate surface area is 152 Å². The van der Waals surface area contributed by atoms with Gasteiger partial charge in [0.2, 0.25) is 0 Å². The molecule has 0 radical (unpaired) electrons. The number of hydrogen-bond acceptors (Lipinski definition) is 4. The van der Waals surface area contributed by atoms with Crippen LogP contribution in [0.5, 0.6) is 0 Å². The number of aliphatic hydroxyl groups excluding tert-OH is 3. The van der Waals surface area contributed by atoms with E-state index in [-0.39, 0.29) is 6.42 Å². The minimum atomic E-state index is -1.11. The number of allylic oxidation sites excluding steroid dienone is 1. The summed E-state index contributed by atoms with van der Waals surface area (Å²) in [7, 11) is 0. The summed E-state index contributed by atoms with van der Waals surface area (Å²) in [5.74, 6) is 0.796. The smallest absolute Gasteiger partial charge is 0.101 e. The third kappa shape index (κ3) is 7.45. The van der Waals surface area contributed by atoms with Gasteiger partial charge >= 0.3 is 0 Å². The van der Waals surface area contributed by atoms with Crippen LogP contribution in [-0.2, 0) is 0 Å². The molecule has 25 heavy (non-hydrogen) atoms. The second-order valence-electron chi connectivity index (χ2n) is 8.16. The van der Waals surface area contributed by atoms with Crippen LogP contribution in [0.3, 0.4) is 0 Å². The first kappa shape index (κ1) is 22.1. The second kappa shape index (κ2) is 9.67. The molecule has 4 N–H and O–H groups in total. The first-order chi connectivity index (χ1) is 11.5. The maximum Gasteiger partial charge on any atom is 0.101 e. The first-order valence-corrected chi connectivity index (χ1v) is 9.32. The molecule has 0 saturated carbocycles. The molecule has 1 aliphatic rings. The second-order valence-corrected chi connectivity index (χ2v) is 8.16. The topological polar surface area (TPSA) is 80.9 Å². The van der Waals surface area contributed by atoms with Gasteiger partial charge < -0.3 is 20.4 Å². The Hall–Kier alpha value is -0.940. The van der Waals surface area contributed by atoms with Crippen LogP contribution in [0.2, 0.25) is 0 Å². The highest BCUT2D eigenvalue weighted by atomic mass is 16.3. The Kier molecular flexibility index (Phi) is 8.55. The summed E-state index contributed by atoms with van der Waals surface area (Å²) in [4.78, 5) is 0. The van der Waals surface area contributed by atoms with E-state index < -0.39 is 23.9 Å². The molecule has 0 aromatic heterocycles. The van der Waals surface area contributed by atoms with E-state index in [1.165, 1.54) is 0 Å². The maximum absolute atomic E-state index is 10.5. The average molecular weight is 353 g/mol. The molecule has 5 atom stereocenters. The van der Waals surface area contributed by atoms with Gasteiger partial charge in [0.25, 0.3) is 0 Å². The van der Waals surface area contributed by atoms with Crippen LogP contribution in [0.25, 0.3) is 0 Å².